The molecule has 1 N–H and O–H groups in total. The molecule has 142 valence electrons. The van der Waals surface area contributed by atoms with Gasteiger partial charge in [-0.05, 0) is 31.0 Å². The van der Waals surface area contributed by atoms with Crippen molar-refractivity contribution in [3.8, 4) is 11.5 Å². The molecular weight excluding hydrogens is 364 g/mol. The van der Waals surface area contributed by atoms with E-state index in [9.17, 15) is 8.42 Å². The Balaban J connectivity index is 1.56. The molecule has 0 bridgehead atoms. The molecule has 4 rings (SSSR count). The van der Waals surface area contributed by atoms with Crippen LogP contribution in [0.5, 0.6) is 0 Å². The molecule has 1 fully saturated rings. The summed E-state index contributed by atoms with van der Waals surface area (Å²) in [6, 6.07) is 9.82. The highest BCUT2D eigenvalue weighted by Crippen LogP contribution is 2.24. The Morgan fingerprint density at radius 3 is 2.56 bits per heavy atom. The van der Waals surface area contributed by atoms with E-state index in [0.29, 0.717) is 19.0 Å². The molecule has 9 heteroatoms. The highest BCUT2D eigenvalue weighted by Gasteiger charge is 2.23. The van der Waals surface area contributed by atoms with Crippen LogP contribution < -0.4 is 9.62 Å². The molecule has 27 heavy (non-hydrogen) atoms. The molecule has 3 aromatic rings. The topological polar surface area (TPSA) is 93.0 Å². The second-order valence-electron chi connectivity index (χ2n) is 6.88. The minimum atomic E-state index is -3.18. The molecule has 0 radical (unpaired) electrons. The highest BCUT2D eigenvalue weighted by molar-refractivity contribution is 7.88. The fourth-order valence-electron chi connectivity index (χ4n) is 3.50. The van der Waals surface area contributed by atoms with E-state index in [1.807, 2.05) is 41.9 Å². The Morgan fingerprint density at radius 2 is 1.85 bits per heavy atom. The summed E-state index contributed by atoms with van der Waals surface area (Å²) in [5, 5.41) is 0. The van der Waals surface area contributed by atoms with Gasteiger partial charge in [-0.15, -0.1) is 0 Å². The molecule has 0 atom stereocenters. The summed E-state index contributed by atoms with van der Waals surface area (Å²) in [5.41, 5.74) is 2.76. The predicted molar refractivity (Wildman–Crippen MR) is 105 cm³/mol. The van der Waals surface area contributed by atoms with Crippen LogP contribution >= 0.6 is 0 Å². The fourth-order valence-corrected chi connectivity index (χ4v) is 4.34. The van der Waals surface area contributed by atoms with Crippen molar-refractivity contribution < 1.29 is 8.42 Å². The van der Waals surface area contributed by atoms with Gasteiger partial charge in [0.25, 0.3) is 0 Å². The third-order valence-corrected chi connectivity index (χ3v) is 5.58. The predicted octanol–water partition coefficient (Wildman–Crippen LogP) is 1.55. The van der Waals surface area contributed by atoms with E-state index >= 15 is 0 Å². The summed E-state index contributed by atoms with van der Waals surface area (Å²) in [6.45, 7) is 1.42. The molecule has 1 aliphatic heterocycles. The van der Waals surface area contributed by atoms with Crippen molar-refractivity contribution in [2.45, 2.75) is 18.9 Å². The molecular formula is C18H22N6O2S. The first-order valence-electron chi connectivity index (χ1n) is 8.88. The zero-order valence-electron chi connectivity index (χ0n) is 15.3. The number of imidazole rings is 1. The minimum Gasteiger partial charge on any atom is -0.341 e. The number of piperidine rings is 1. The lowest BCUT2D eigenvalue weighted by molar-refractivity contribution is 0.458. The number of sulfonamides is 1. The third kappa shape index (κ3) is 3.79. The first kappa shape index (κ1) is 17.9. The minimum absolute atomic E-state index is 0.0285. The van der Waals surface area contributed by atoms with Crippen molar-refractivity contribution in [3.63, 3.8) is 0 Å². The normalized spacial score (nSPS) is 16.1. The summed E-state index contributed by atoms with van der Waals surface area (Å²) in [4.78, 5) is 15.9. The maximum atomic E-state index is 11.4. The number of para-hydroxylation sites is 2. The van der Waals surface area contributed by atoms with Gasteiger partial charge in [0.05, 0.1) is 17.3 Å². The lowest BCUT2D eigenvalue weighted by Gasteiger charge is -2.32. The van der Waals surface area contributed by atoms with Gasteiger partial charge in [0, 0.05) is 32.4 Å². The largest absolute Gasteiger partial charge is 0.341 e. The Kier molecular flexibility index (Phi) is 4.56. The lowest BCUT2D eigenvalue weighted by atomic mass is 10.1. The fraction of sp³-hybridized carbons (Fsp3) is 0.389. The summed E-state index contributed by atoms with van der Waals surface area (Å²) in [7, 11) is -1.20. The number of nitrogens with zero attached hydrogens (tertiary/aromatic N) is 5. The van der Waals surface area contributed by atoms with E-state index < -0.39 is 10.0 Å². The smallest absolute Gasteiger partial charge is 0.225 e. The first-order chi connectivity index (χ1) is 12.9. The van der Waals surface area contributed by atoms with Crippen LogP contribution in [0.25, 0.3) is 22.6 Å². The number of hydrogen-bond acceptors (Lipinski definition) is 6. The average Bonchev–Trinajstić information content (AvgIpc) is 2.98. The number of hydrogen-bond donors (Lipinski definition) is 1. The van der Waals surface area contributed by atoms with Crippen molar-refractivity contribution in [1.29, 1.82) is 0 Å². The number of rotatable bonds is 4. The first-order valence-corrected chi connectivity index (χ1v) is 10.8. The van der Waals surface area contributed by atoms with Crippen LogP contribution in [0.15, 0.2) is 36.5 Å². The Hall–Kier alpha value is -2.52. The van der Waals surface area contributed by atoms with Crippen molar-refractivity contribution in [1.82, 2.24) is 24.2 Å². The van der Waals surface area contributed by atoms with Crippen molar-refractivity contribution in [3.05, 3.63) is 36.5 Å². The molecule has 8 nitrogen and oxygen atoms in total. The van der Waals surface area contributed by atoms with E-state index in [0.717, 1.165) is 35.4 Å². The zero-order chi connectivity index (χ0) is 19.0. The van der Waals surface area contributed by atoms with Crippen molar-refractivity contribution >= 4 is 27.0 Å². The van der Waals surface area contributed by atoms with Crippen LogP contribution in [-0.2, 0) is 17.1 Å². The van der Waals surface area contributed by atoms with Gasteiger partial charge in [0.2, 0.25) is 16.0 Å². The standard InChI is InChI=1S/C18H22N6O2S/c1-23-16-6-4-3-5-14(16)20-17(23)15-7-10-19-18(21-15)24-11-8-13(9-12-24)22-27(2,25)26/h3-7,10,13,22H,8-9,11-12H2,1-2H3. The van der Waals surface area contributed by atoms with Gasteiger partial charge < -0.3 is 9.47 Å². The number of anilines is 1. The lowest BCUT2D eigenvalue weighted by Crippen LogP contribution is -2.44. The molecule has 0 spiro atoms. The van der Waals surface area contributed by atoms with Crippen molar-refractivity contribution in [2.75, 3.05) is 24.2 Å². The zero-order valence-corrected chi connectivity index (χ0v) is 16.1. The van der Waals surface area contributed by atoms with Gasteiger partial charge in [-0.1, -0.05) is 12.1 Å². The second-order valence-corrected chi connectivity index (χ2v) is 8.66. The maximum absolute atomic E-state index is 11.4. The van der Waals surface area contributed by atoms with Crippen LogP contribution in [0.2, 0.25) is 0 Å². The third-order valence-electron chi connectivity index (χ3n) is 4.82. The van der Waals surface area contributed by atoms with E-state index in [2.05, 4.69) is 14.6 Å². The van der Waals surface area contributed by atoms with Gasteiger partial charge in [0.1, 0.15) is 5.69 Å². The summed E-state index contributed by atoms with van der Waals surface area (Å²) < 4.78 is 27.5. The van der Waals surface area contributed by atoms with Crippen LogP contribution in [0.4, 0.5) is 5.95 Å². The monoisotopic (exact) mass is 386 g/mol. The number of fused-ring (bicyclic) bond motifs is 1. The van der Waals surface area contributed by atoms with Crippen molar-refractivity contribution in [2.24, 2.45) is 7.05 Å². The van der Waals surface area contributed by atoms with Crippen LogP contribution in [0, 0.1) is 0 Å². The molecule has 0 saturated carbocycles. The van der Waals surface area contributed by atoms with E-state index in [1.165, 1.54) is 6.26 Å². The maximum Gasteiger partial charge on any atom is 0.225 e. The van der Waals surface area contributed by atoms with Gasteiger partial charge in [-0.2, -0.15) is 0 Å². The summed E-state index contributed by atoms with van der Waals surface area (Å²) in [5.74, 6) is 1.45. The SMILES string of the molecule is Cn1c(-c2ccnc(N3CCC(NS(C)(=O)=O)CC3)n2)nc2ccccc21. The average molecular weight is 386 g/mol. The molecule has 0 unspecified atom stereocenters. The van der Waals surface area contributed by atoms with Gasteiger partial charge >= 0.3 is 0 Å². The van der Waals surface area contributed by atoms with E-state index in [1.54, 1.807) is 6.20 Å². The Morgan fingerprint density at radius 1 is 1.11 bits per heavy atom. The number of benzene rings is 1. The summed E-state index contributed by atoms with van der Waals surface area (Å²) >= 11 is 0. The molecule has 2 aromatic heterocycles. The molecule has 0 amide bonds. The number of nitrogens with one attached hydrogen (secondary N) is 1. The quantitative estimate of drug-likeness (QED) is 0.731. The van der Waals surface area contributed by atoms with Gasteiger partial charge in [-0.3, -0.25) is 0 Å². The van der Waals surface area contributed by atoms with Gasteiger partial charge in [-0.25, -0.2) is 28.1 Å². The van der Waals surface area contributed by atoms with E-state index in [-0.39, 0.29) is 6.04 Å². The Bertz CT molecular complexity index is 1070. The molecule has 1 aromatic carbocycles. The van der Waals surface area contributed by atoms with Gasteiger partial charge in [0.15, 0.2) is 5.82 Å². The summed E-state index contributed by atoms with van der Waals surface area (Å²) in [6.07, 6.45) is 4.40. The van der Waals surface area contributed by atoms with Crippen LogP contribution in [-0.4, -0.2) is 53.3 Å². The number of aromatic nitrogens is 4. The molecule has 3 heterocycles. The Labute approximate surface area is 158 Å². The number of aryl methyl sites for hydroxylation is 1. The van der Waals surface area contributed by atoms with Crippen LogP contribution in [0.3, 0.4) is 0 Å². The van der Waals surface area contributed by atoms with E-state index in [4.69, 9.17) is 9.97 Å². The molecule has 1 saturated heterocycles. The highest BCUT2D eigenvalue weighted by atomic mass is 32.2. The molecule has 1 aliphatic rings. The second kappa shape index (κ2) is 6.90. The molecule has 0 aliphatic carbocycles. The van der Waals surface area contributed by atoms with Crippen LogP contribution in [0.1, 0.15) is 12.8 Å².